The van der Waals surface area contributed by atoms with Gasteiger partial charge in [0.05, 0.1) is 36.3 Å². The summed E-state index contributed by atoms with van der Waals surface area (Å²) in [6, 6.07) is 26.0. The highest BCUT2D eigenvalue weighted by molar-refractivity contribution is 5.92. The van der Waals surface area contributed by atoms with Crippen molar-refractivity contribution in [2.45, 2.75) is 44.4 Å². The minimum atomic E-state index is -0.712. The zero-order valence-corrected chi connectivity index (χ0v) is 27.4. The van der Waals surface area contributed by atoms with Gasteiger partial charge in [-0.05, 0) is 75.5 Å². The molecule has 0 aromatic heterocycles. The maximum absolute atomic E-state index is 13.1. The molecule has 0 spiro atoms. The van der Waals surface area contributed by atoms with Gasteiger partial charge in [-0.2, -0.15) is 0 Å². The molecule has 246 valence electrons. The fourth-order valence-corrected chi connectivity index (χ4v) is 7.20. The summed E-state index contributed by atoms with van der Waals surface area (Å²) in [5.41, 5.74) is 5.22. The molecule has 0 radical (unpaired) electrons. The van der Waals surface area contributed by atoms with Crippen LogP contribution in [0.5, 0.6) is 5.75 Å². The van der Waals surface area contributed by atoms with E-state index < -0.39 is 16.8 Å². The second kappa shape index (κ2) is 14.6. The van der Waals surface area contributed by atoms with Crippen LogP contribution >= 0.6 is 0 Å². The Labute approximate surface area is 275 Å². The number of hydrogen-bond donors (Lipinski definition) is 1. The van der Waals surface area contributed by atoms with E-state index in [1.807, 2.05) is 6.92 Å². The molecule has 0 aliphatic carbocycles. The molecule has 1 saturated heterocycles. The number of ether oxygens (including phenoxy) is 2. The second-order valence-electron chi connectivity index (χ2n) is 12.1. The van der Waals surface area contributed by atoms with Gasteiger partial charge in [-0.15, -0.1) is 0 Å². The quantitative estimate of drug-likeness (QED) is 0.113. The molecule has 1 fully saturated rings. The number of likely N-dealkylation sites (tertiary alicyclic amines) is 1. The molecule has 2 aliphatic heterocycles. The number of nitrogens with zero attached hydrogens (tertiary/aromatic N) is 3. The number of benzene rings is 3. The molecule has 5 rings (SSSR count). The number of nitro benzene ring substituents is 1. The van der Waals surface area contributed by atoms with Crippen LogP contribution in [0.2, 0.25) is 0 Å². The molecular formula is C37H42N4O6. The van der Waals surface area contributed by atoms with Crippen molar-refractivity contribution in [2.75, 3.05) is 40.4 Å². The number of esters is 1. The zero-order chi connectivity index (χ0) is 33.6. The van der Waals surface area contributed by atoms with Crippen LogP contribution in [0.25, 0.3) is 0 Å². The molecule has 47 heavy (non-hydrogen) atoms. The molecule has 0 bridgehead atoms. The van der Waals surface area contributed by atoms with E-state index in [9.17, 15) is 19.7 Å². The molecule has 1 unspecified atom stereocenters. The summed E-state index contributed by atoms with van der Waals surface area (Å²) < 4.78 is 10.5. The first-order valence-corrected chi connectivity index (χ1v) is 15.9. The third-order valence-corrected chi connectivity index (χ3v) is 9.54. The van der Waals surface area contributed by atoms with Crippen molar-refractivity contribution in [1.82, 2.24) is 15.1 Å². The Balaban J connectivity index is 1.35. The summed E-state index contributed by atoms with van der Waals surface area (Å²) in [5.74, 6) is -1.20. The van der Waals surface area contributed by atoms with E-state index in [0.29, 0.717) is 41.2 Å². The van der Waals surface area contributed by atoms with Gasteiger partial charge >= 0.3 is 11.7 Å². The molecule has 1 N–H and O–H groups in total. The van der Waals surface area contributed by atoms with E-state index in [1.165, 1.54) is 31.4 Å². The predicted octanol–water partition coefficient (Wildman–Crippen LogP) is 5.90. The molecule has 1 atom stereocenters. The lowest BCUT2D eigenvalue weighted by Crippen LogP contribution is -2.44. The predicted molar refractivity (Wildman–Crippen MR) is 180 cm³/mol. The number of hydrogen-bond acceptors (Lipinski definition) is 8. The number of carbonyl (C=O) groups is 2. The third kappa shape index (κ3) is 6.78. The molecule has 10 heteroatoms. The fraction of sp³-hybridized carbons (Fsp3) is 0.351. The average Bonchev–Trinajstić information content (AvgIpc) is 3.10. The van der Waals surface area contributed by atoms with Crippen LogP contribution in [0.15, 0.2) is 102 Å². The van der Waals surface area contributed by atoms with Crippen molar-refractivity contribution in [3.05, 3.63) is 128 Å². The molecule has 3 aromatic rings. The van der Waals surface area contributed by atoms with Crippen molar-refractivity contribution >= 4 is 18.1 Å². The Bertz CT molecular complexity index is 1620. The highest BCUT2D eigenvalue weighted by Crippen LogP contribution is 2.43. The second-order valence-corrected chi connectivity index (χ2v) is 12.1. The normalized spacial score (nSPS) is 17.9. The Hall–Kier alpha value is -4.96. The number of methoxy groups -OCH3 is 2. The highest BCUT2D eigenvalue weighted by atomic mass is 16.6. The van der Waals surface area contributed by atoms with Crippen LogP contribution in [-0.2, 0) is 19.7 Å². The fourth-order valence-electron chi connectivity index (χ4n) is 7.20. The topological polar surface area (TPSA) is 114 Å². The summed E-state index contributed by atoms with van der Waals surface area (Å²) in [7, 11) is 2.67. The molecule has 2 heterocycles. The number of rotatable bonds is 12. The van der Waals surface area contributed by atoms with Crippen molar-refractivity contribution in [3.8, 4) is 5.75 Å². The largest absolute Gasteiger partial charge is 0.490 e. The van der Waals surface area contributed by atoms with Crippen LogP contribution in [0, 0.1) is 10.1 Å². The molecular weight excluding hydrogens is 596 g/mol. The van der Waals surface area contributed by atoms with Gasteiger partial charge in [-0.1, -0.05) is 66.7 Å². The van der Waals surface area contributed by atoms with Crippen molar-refractivity contribution in [3.63, 3.8) is 0 Å². The van der Waals surface area contributed by atoms with Gasteiger partial charge in [0.25, 0.3) is 0 Å². The lowest BCUT2D eigenvalue weighted by molar-refractivity contribution is -0.385. The molecule has 10 nitrogen and oxygen atoms in total. The number of allylic oxidation sites excluding steroid dienone is 3. The number of dihydropyridines is 1. The smallest absolute Gasteiger partial charge is 0.336 e. The van der Waals surface area contributed by atoms with Gasteiger partial charge < -0.3 is 24.6 Å². The SMILES string of the molecule is COC(=O)C1=C(C)NC(C)=C(N(C=O)CCCN2CCC(c3ccccc3)(c3ccccc3)CC2)C1c1ccc([N+](=O)[O-])c(OC)c1. The number of carbonyl (C=O) groups excluding carboxylic acids is 2. The summed E-state index contributed by atoms with van der Waals surface area (Å²) in [6.07, 6.45) is 3.48. The molecule has 1 amide bonds. The number of nitrogens with one attached hydrogen (secondary N) is 1. The first-order chi connectivity index (χ1) is 22.7. The standard InChI is InChI=1S/C37H42N4O6/c1-26-33(36(43)47-4)34(28-16-17-31(41(44)45)32(24-28)46-3)35(27(2)38-26)40(25-42)21-11-20-39-22-18-37(19-23-39,29-12-7-5-8-13-29)30-14-9-6-10-15-30/h5-10,12-17,24-25,34,38H,11,18-23H2,1-4H3. The van der Waals surface area contributed by atoms with Crippen LogP contribution in [0.4, 0.5) is 5.69 Å². The lowest BCUT2D eigenvalue weighted by atomic mass is 9.68. The first kappa shape index (κ1) is 33.4. The lowest BCUT2D eigenvalue weighted by Gasteiger charge is -2.43. The van der Waals surface area contributed by atoms with E-state index >= 15 is 0 Å². The number of amides is 1. The summed E-state index contributed by atoms with van der Waals surface area (Å²) in [4.78, 5) is 41.0. The maximum atomic E-state index is 13.1. The van der Waals surface area contributed by atoms with Crippen LogP contribution in [-0.4, -0.2) is 67.5 Å². The maximum Gasteiger partial charge on any atom is 0.336 e. The average molecular weight is 639 g/mol. The summed E-state index contributed by atoms with van der Waals surface area (Å²) >= 11 is 0. The van der Waals surface area contributed by atoms with Gasteiger partial charge in [0, 0.05) is 29.4 Å². The number of piperidine rings is 1. The van der Waals surface area contributed by atoms with Gasteiger partial charge in [-0.3, -0.25) is 14.9 Å². The van der Waals surface area contributed by atoms with Crippen molar-refractivity contribution in [2.24, 2.45) is 0 Å². The Kier molecular flexibility index (Phi) is 10.4. The minimum absolute atomic E-state index is 0.0446. The Morgan fingerprint density at radius 1 is 1.00 bits per heavy atom. The van der Waals surface area contributed by atoms with Crippen LogP contribution < -0.4 is 10.1 Å². The van der Waals surface area contributed by atoms with Gasteiger partial charge in [-0.25, -0.2) is 4.79 Å². The van der Waals surface area contributed by atoms with Crippen molar-refractivity contribution in [1.29, 1.82) is 0 Å². The van der Waals surface area contributed by atoms with Gasteiger partial charge in [0.2, 0.25) is 6.41 Å². The van der Waals surface area contributed by atoms with Crippen molar-refractivity contribution < 1.29 is 24.0 Å². The summed E-state index contributed by atoms with van der Waals surface area (Å²) in [5, 5.41) is 14.9. The van der Waals surface area contributed by atoms with Crippen LogP contribution in [0.1, 0.15) is 55.7 Å². The van der Waals surface area contributed by atoms with E-state index in [4.69, 9.17) is 9.47 Å². The molecule has 0 saturated carbocycles. The number of nitro groups is 1. The molecule has 3 aromatic carbocycles. The van der Waals surface area contributed by atoms with E-state index in [-0.39, 0.29) is 16.9 Å². The Morgan fingerprint density at radius 2 is 1.62 bits per heavy atom. The third-order valence-electron chi connectivity index (χ3n) is 9.54. The van der Waals surface area contributed by atoms with Gasteiger partial charge in [0.1, 0.15) is 0 Å². The van der Waals surface area contributed by atoms with E-state index in [0.717, 1.165) is 38.9 Å². The van der Waals surface area contributed by atoms with Crippen LogP contribution in [0.3, 0.4) is 0 Å². The van der Waals surface area contributed by atoms with E-state index in [2.05, 4.69) is 70.9 Å². The first-order valence-electron chi connectivity index (χ1n) is 15.9. The molecule has 2 aliphatic rings. The minimum Gasteiger partial charge on any atom is -0.490 e. The van der Waals surface area contributed by atoms with E-state index in [1.54, 1.807) is 24.0 Å². The van der Waals surface area contributed by atoms with Gasteiger partial charge in [0.15, 0.2) is 5.75 Å². The summed E-state index contributed by atoms with van der Waals surface area (Å²) in [6.45, 7) is 6.70. The monoisotopic (exact) mass is 638 g/mol. The zero-order valence-electron chi connectivity index (χ0n) is 27.4. The highest BCUT2D eigenvalue weighted by Gasteiger charge is 2.39. The Morgan fingerprint density at radius 3 is 2.15 bits per heavy atom.